The summed E-state index contributed by atoms with van der Waals surface area (Å²) < 4.78 is 1.87. The first-order chi connectivity index (χ1) is 3.63. The van der Waals surface area contributed by atoms with Crippen LogP contribution in [0.1, 0.15) is 0 Å². The summed E-state index contributed by atoms with van der Waals surface area (Å²) in [7, 11) is 0. The van der Waals surface area contributed by atoms with Crippen molar-refractivity contribution in [2.45, 2.75) is 0 Å². The van der Waals surface area contributed by atoms with Gasteiger partial charge in [-0.15, -0.1) is 0 Å². The Morgan fingerprint density at radius 2 is 1.88 bits per heavy atom. The summed E-state index contributed by atoms with van der Waals surface area (Å²) >= 11 is 5.31. The third kappa shape index (κ3) is 6.43. The van der Waals surface area contributed by atoms with E-state index < -0.39 is 0 Å². The molecule has 0 saturated heterocycles. The first-order valence-corrected chi connectivity index (χ1v) is 3.87. The fraction of sp³-hybridized carbons (Fsp3) is 0. The normalized spacial score (nSPS) is 9.75. The molecule has 0 radical (unpaired) electrons. The zero-order valence-electron chi connectivity index (χ0n) is 4.32. The van der Waals surface area contributed by atoms with Crippen molar-refractivity contribution in [2.75, 3.05) is 0 Å². The maximum absolute atomic E-state index is 3.66. The van der Waals surface area contributed by atoms with Crippen LogP contribution in [0.5, 0.6) is 0 Å². The van der Waals surface area contributed by atoms with Crippen molar-refractivity contribution < 1.29 is 0 Å². The van der Waals surface area contributed by atoms with E-state index in [9.17, 15) is 0 Å². The fourth-order valence-electron chi connectivity index (χ4n) is 0.181. The second-order valence-corrected chi connectivity index (χ2v) is 3.63. The quantitative estimate of drug-likeness (QED) is 0.539. The molecule has 0 saturated carbocycles. The number of hydrogen-bond acceptors (Lipinski definition) is 0. The lowest BCUT2D eigenvalue weighted by Crippen LogP contribution is -1.55. The molecule has 0 amide bonds. The van der Waals surface area contributed by atoms with Crippen molar-refractivity contribution in [3.8, 4) is 0 Å². The predicted molar refractivity (Wildman–Crippen MR) is 50.4 cm³/mol. The van der Waals surface area contributed by atoms with Gasteiger partial charge in [-0.05, 0) is 34.7 Å². The monoisotopic (exact) mass is 284 g/mol. The summed E-state index contributed by atoms with van der Waals surface area (Å²) in [6.45, 7) is 7.28. The molecule has 0 heterocycles. The Kier molecular flexibility index (Phi) is 4.56. The van der Waals surface area contributed by atoms with Gasteiger partial charge in [0.2, 0.25) is 0 Å². The van der Waals surface area contributed by atoms with Gasteiger partial charge < -0.3 is 0 Å². The summed E-state index contributed by atoms with van der Waals surface area (Å²) in [6, 6.07) is 0. The van der Waals surface area contributed by atoms with Gasteiger partial charge in [-0.2, -0.15) is 0 Å². The molecule has 0 bridgehead atoms. The molecule has 0 aromatic carbocycles. The highest BCUT2D eigenvalue weighted by molar-refractivity contribution is 14.1. The summed E-state index contributed by atoms with van der Waals surface area (Å²) in [5, 5.41) is 0. The standard InChI is InChI=1S/C6H6BrI/c1-5(7)3-4-6(2)8/h3-4H,1-2H2/b4-3-. The Morgan fingerprint density at radius 3 is 2.00 bits per heavy atom. The molecule has 0 aliphatic rings. The minimum Gasteiger partial charge on any atom is -0.0856 e. The lowest BCUT2D eigenvalue weighted by Gasteiger charge is -1.80. The minimum absolute atomic E-state index is 0.871. The third-order valence-corrected chi connectivity index (χ3v) is 1.07. The highest BCUT2D eigenvalue weighted by Gasteiger charge is 1.76. The van der Waals surface area contributed by atoms with Crippen LogP contribution in [0.15, 0.2) is 33.4 Å². The molecular weight excluding hydrogens is 279 g/mol. The van der Waals surface area contributed by atoms with Crippen LogP contribution in [0.3, 0.4) is 0 Å². The van der Waals surface area contributed by atoms with Crippen LogP contribution in [0.25, 0.3) is 0 Å². The van der Waals surface area contributed by atoms with Gasteiger partial charge in [0, 0.05) is 8.06 Å². The fourth-order valence-corrected chi connectivity index (χ4v) is 0.493. The van der Waals surface area contributed by atoms with Crippen LogP contribution in [0.2, 0.25) is 0 Å². The second kappa shape index (κ2) is 4.32. The Hall–Kier alpha value is 0.430. The molecule has 0 atom stereocenters. The van der Waals surface area contributed by atoms with E-state index in [-0.39, 0.29) is 0 Å². The minimum atomic E-state index is 0.871. The van der Waals surface area contributed by atoms with Crippen molar-refractivity contribution in [2.24, 2.45) is 0 Å². The van der Waals surface area contributed by atoms with Gasteiger partial charge >= 0.3 is 0 Å². The summed E-state index contributed by atoms with van der Waals surface area (Å²) in [5.41, 5.74) is 0. The number of halogens is 2. The van der Waals surface area contributed by atoms with Gasteiger partial charge in [-0.3, -0.25) is 0 Å². The van der Waals surface area contributed by atoms with E-state index in [1.54, 1.807) is 0 Å². The maximum Gasteiger partial charge on any atom is 0.0103 e. The summed E-state index contributed by atoms with van der Waals surface area (Å²) in [5.74, 6) is 0. The maximum atomic E-state index is 3.66. The molecule has 0 aromatic rings. The van der Waals surface area contributed by atoms with Gasteiger partial charge in [0.05, 0.1) is 0 Å². The molecule has 0 spiro atoms. The lowest BCUT2D eigenvalue weighted by atomic mass is 10.5. The molecule has 2 heteroatoms. The first-order valence-electron chi connectivity index (χ1n) is 2.00. The molecular formula is C6H6BrI. The molecule has 44 valence electrons. The van der Waals surface area contributed by atoms with E-state index in [2.05, 4.69) is 51.7 Å². The SMILES string of the molecule is C=C(Br)/C=C\C(=C)I. The van der Waals surface area contributed by atoms with Crippen LogP contribution < -0.4 is 0 Å². The van der Waals surface area contributed by atoms with Crippen LogP contribution in [0, 0.1) is 0 Å². The van der Waals surface area contributed by atoms with Crippen LogP contribution in [-0.2, 0) is 0 Å². The molecule has 0 rings (SSSR count). The third-order valence-electron chi connectivity index (χ3n) is 0.445. The van der Waals surface area contributed by atoms with Gasteiger partial charge in [-0.1, -0.05) is 29.1 Å². The van der Waals surface area contributed by atoms with E-state index in [1.807, 2.05) is 12.2 Å². The number of hydrogen-bond donors (Lipinski definition) is 0. The number of rotatable bonds is 2. The zero-order valence-corrected chi connectivity index (χ0v) is 8.07. The first kappa shape index (κ1) is 8.43. The van der Waals surface area contributed by atoms with E-state index in [1.165, 1.54) is 0 Å². The molecule has 8 heavy (non-hydrogen) atoms. The van der Waals surface area contributed by atoms with Crippen molar-refractivity contribution in [3.05, 3.63) is 33.4 Å². The molecule has 0 fully saturated rings. The van der Waals surface area contributed by atoms with Gasteiger partial charge in [0.1, 0.15) is 0 Å². The van der Waals surface area contributed by atoms with Crippen LogP contribution >= 0.6 is 38.5 Å². The largest absolute Gasteiger partial charge is 0.0856 e. The molecule has 0 aliphatic carbocycles. The van der Waals surface area contributed by atoms with Gasteiger partial charge in [-0.25, -0.2) is 0 Å². The number of allylic oxidation sites excluding steroid dienone is 4. The average Bonchev–Trinajstić information content (AvgIpc) is 1.61. The topological polar surface area (TPSA) is 0 Å². The van der Waals surface area contributed by atoms with E-state index >= 15 is 0 Å². The van der Waals surface area contributed by atoms with Crippen molar-refractivity contribution in [1.82, 2.24) is 0 Å². The van der Waals surface area contributed by atoms with E-state index in [4.69, 9.17) is 0 Å². The highest BCUT2D eigenvalue weighted by Crippen LogP contribution is 2.08. The predicted octanol–water partition coefficient (Wildman–Crippen LogP) is 3.40. The van der Waals surface area contributed by atoms with Crippen molar-refractivity contribution in [1.29, 1.82) is 0 Å². The Balaban J connectivity index is 3.67. The summed E-state index contributed by atoms with van der Waals surface area (Å²) in [4.78, 5) is 0. The second-order valence-electron chi connectivity index (χ2n) is 1.23. The molecule has 0 aromatic heterocycles. The van der Waals surface area contributed by atoms with Crippen LogP contribution in [0.4, 0.5) is 0 Å². The van der Waals surface area contributed by atoms with E-state index in [0.29, 0.717) is 0 Å². The molecule has 0 aliphatic heterocycles. The van der Waals surface area contributed by atoms with Crippen molar-refractivity contribution in [3.63, 3.8) is 0 Å². The Labute approximate surface area is 71.6 Å². The van der Waals surface area contributed by atoms with Gasteiger partial charge in [0.25, 0.3) is 0 Å². The van der Waals surface area contributed by atoms with Crippen LogP contribution in [-0.4, -0.2) is 0 Å². The highest BCUT2D eigenvalue weighted by atomic mass is 127. The average molecular weight is 285 g/mol. The molecule has 0 unspecified atom stereocenters. The Bertz CT molecular complexity index is 119. The molecule has 0 N–H and O–H groups in total. The molecule has 0 nitrogen and oxygen atoms in total. The van der Waals surface area contributed by atoms with Gasteiger partial charge in [0.15, 0.2) is 0 Å². The smallest absolute Gasteiger partial charge is 0.0103 e. The van der Waals surface area contributed by atoms with Crippen molar-refractivity contribution >= 4 is 38.5 Å². The Morgan fingerprint density at radius 1 is 1.38 bits per heavy atom. The summed E-state index contributed by atoms with van der Waals surface area (Å²) in [6.07, 6.45) is 3.74. The lowest BCUT2D eigenvalue weighted by molar-refractivity contribution is 1.94. The zero-order chi connectivity index (χ0) is 6.57. The van der Waals surface area contributed by atoms with E-state index in [0.717, 1.165) is 8.06 Å².